The molecule has 7 heteroatoms. The molecule has 6 nitrogen and oxygen atoms in total. The Labute approximate surface area is 167 Å². The van der Waals surface area contributed by atoms with Gasteiger partial charge in [-0.05, 0) is 41.8 Å². The van der Waals surface area contributed by atoms with Crippen LogP contribution in [0.5, 0.6) is 11.5 Å². The first-order valence-electron chi connectivity index (χ1n) is 8.89. The van der Waals surface area contributed by atoms with Gasteiger partial charge < -0.3 is 19.0 Å². The summed E-state index contributed by atoms with van der Waals surface area (Å²) in [6, 6.07) is 12.8. The van der Waals surface area contributed by atoms with Crippen LogP contribution in [0.4, 0.5) is 0 Å². The van der Waals surface area contributed by atoms with Gasteiger partial charge in [-0.3, -0.25) is 9.69 Å². The van der Waals surface area contributed by atoms with Crippen molar-refractivity contribution in [3.05, 3.63) is 70.3 Å². The summed E-state index contributed by atoms with van der Waals surface area (Å²) in [5.41, 5.74) is 0.505. The van der Waals surface area contributed by atoms with E-state index in [4.69, 9.17) is 13.9 Å². The van der Waals surface area contributed by atoms with E-state index >= 15 is 0 Å². The lowest BCUT2D eigenvalue weighted by Gasteiger charge is -2.24. The maximum Gasteiger partial charge on any atom is 0.161 e. The van der Waals surface area contributed by atoms with Crippen LogP contribution in [0.2, 0.25) is 0 Å². The third-order valence-electron chi connectivity index (χ3n) is 4.14. The highest BCUT2D eigenvalue weighted by molar-refractivity contribution is 7.09. The number of thiophene rings is 1. The summed E-state index contributed by atoms with van der Waals surface area (Å²) in [7, 11) is 1.51. The number of carbonyl (C=O) groups is 1. The summed E-state index contributed by atoms with van der Waals surface area (Å²) in [5, 5.41) is 12.5. The number of benzene rings is 1. The van der Waals surface area contributed by atoms with Crippen molar-refractivity contribution in [3.63, 3.8) is 0 Å². The molecule has 2 heterocycles. The number of aliphatic hydroxyl groups is 1. The molecule has 3 rings (SSSR count). The smallest absolute Gasteiger partial charge is 0.161 e. The van der Waals surface area contributed by atoms with Crippen molar-refractivity contribution in [1.82, 2.24) is 4.90 Å². The Kier molecular flexibility index (Phi) is 7.25. The second-order valence-corrected chi connectivity index (χ2v) is 7.35. The number of furan rings is 1. The molecule has 0 spiro atoms. The van der Waals surface area contributed by atoms with Crippen LogP contribution in [0.25, 0.3) is 0 Å². The molecular formula is C21H23NO5S. The van der Waals surface area contributed by atoms with Crippen LogP contribution in [0, 0.1) is 0 Å². The van der Waals surface area contributed by atoms with Gasteiger partial charge in [0.25, 0.3) is 0 Å². The van der Waals surface area contributed by atoms with Crippen LogP contribution in [-0.2, 0) is 13.1 Å². The molecule has 0 aliphatic rings. The molecule has 0 aliphatic carbocycles. The second-order valence-electron chi connectivity index (χ2n) is 6.32. The Morgan fingerprint density at radius 1 is 1.21 bits per heavy atom. The number of methoxy groups -OCH3 is 1. The van der Waals surface area contributed by atoms with Crippen molar-refractivity contribution < 1.29 is 23.8 Å². The zero-order valence-electron chi connectivity index (χ0n) is 15.6. The summed E-state index contributed by atoms with van der Waals surface area (Å²) >= 11 is 1.68. The Bertz CT molecular complexity index is 812. The zero-order chi connectivity index (χ0) is 19.8. The van der Waals surface area contributed by atoms with Gasteiger partial charge in [-0.1, -0.05) is 6.07 Å². The van der Waals surface area contributed by atoms with E-state index in [-0.39, 0.29) is 6.61 Å². The molecule has 1 unspecified atom stereocenters. The molecule has 0 amide bonds. The molecule has 148 valence electrons. The number of ether oxygens (including phenoxy) is 2. The third-order valence-corrected chi connectivity index (χ3v) is 5.00. The van der Waals surface area contributed by atoms with Gasteiger partial charge in [0.1, 0.15) is 24.8 Å². The normalized spacial score (nSPS) is 12.1. The Hall–Kier alpha value is -2.61. The molecule has 0 aliphatic heterocycles. The summed E-state index contributed by atoms with van der Waals surface area (Å²) in [6.45, 7) is 1.84. The highest BCUT2D eigenvalue weighted by Gasteiger charge is 2.16. The molecule has 1 atom stereocenters. The lowest BCUT2D eigenvalue weighted by molar-refractivity contribution is 0.0599. The number of carbonyl (C=O) groups excluding carboxylic acids is 1. The first-order valence-corrected chi connectivity index (χ1v) is 9.77. The maximum absolute atomic E-state index is 10.9. The van der Waals surface area contributed by atoms with E-state index in [1.807, 2.05) is 23.6 Å². The lowest BCUT2D eigenvalue weighted by Crippen LogP contribution is -2.34. The zero-order valence-corrected chi connectivity index (χ0v) is 16.4. The van der Waals surface area contributed by atoms with Crippen LogP contribution in [0.15, 0.2) is 58.5 Å². The molecule has 0 bridgehead atoms. The summed E-state index contributed by atoms with van der Waals surface area (Å²) in [6.07, 6.45) is 1.69. The van der Waals surface area contributed by atoms with Crippen LogP contribution >= 0.6 is 11.3 Å². The molecule has 28 heavy (non-hydrogen) atoms. The third kappa shape index (κ3) is 5.69. The average molecular weight is 401 g/mol. The first kappa shape index (κ1) is 20.1. The van der Waals surface area contributed by atoms with E-state index in [1.54, 1.807) is 35.8 Å². The Morgan fingerprint density at radius 3 is 2.79 bits per heavy atom. The number of hydrogen-bond donors (Lipinski definition) is 1. The van der Waals surface area contributed by atoms with Crippen molar-refractivity contribution in [3.8, 4) is 11.5 Å². The molecule has 3 aromatic rings. The average Bonchev–Trinajstić information content (AvgIpc) is 3.40. The largest absolute Gasteiger partial charge is 0.493 e. The highest BCUT2D eigenvalue weighted by atomic mass is 32.1. The Morgan fingerprint density at radius 2 is 2.11 bits per heavy atom. The van der Waals surface area contributed by atoms with Gasteiger partial charge in [0.15, 0.2) is 11.5 Å². The first-order chi connectivity index (χ1) is 13.7. The number of aldehydes is 1. The molecule has 1 N–H and O–H groups in total. The predicted octanol–water partition coefficient (Wildman–Crippen LogP) is 3.60. The maximum atomic E-state index is 10.9. The fourth-order valence-corrected chi connectivity index (χ4v) is 3.59. The van der Waals surface area contributed by atoms with Gasteiger partial charge in [-0.2, -0.15) is 0 Å². The predicted molar refractivity (Wildman–Crippen MR) is 107 cm³/mol. The number of rotatable bonds is 11. The molecule has 0 fully saturated rings. The van der Waals surface area contributed by atoms with Crippen molar-refractivity contribution in [2.24, 2.45) is 0 Å². The summed E-state index contributed by atoms with van der Waals surface area (Å²) in [5.74, 6) is 1.79. The lowest BCUT2D eigenvalue weighted by atomic mass is 10.2. The van der Waals surface area contributed by atoms with Crippen molar-refractivity contribution >= 4 is 17.6 Å². The minimum atomic E-state index is -0.703. The van der Waals surface area contributed by atoms with E-state index in [9.17, 15) is 9.90 Å². The van der Waals surface area contributed by atoms with Gasteiger partial charge in [-0.25, -0.2) is 0 Å². The summed E-state index contributed by atoms with van der Waals surface area (Å²) < 4.78 is 16.4. The van der Waals surface area contributed by atoms with Crippen LogP contribution < -0.4 is 9.47 Å². The molecular weight excluding hydrogens is 378 g/mol. The summed E-state index contributed by atoms with van der Waals surface area (Å²) in [4.78, 5) is 14.2. The minimum absolute atomic E-state index is 0.107. The van der Waals surface area contributed by atoms with E-state index in [2.05, 4.69) is 11.0 Å². The minimum Gasteiger partial charge on any atom is -0.493 e. The molecule has 0 saturated heterocycles. The van der Waals surface area contributed by atoms with Gasteiger partial charge >= 0.3 is 0 Å². The quantitative estimate of drug-likeness (QED) is 0.495. The molecule has 0 radical (unpaired) electrons. The van der Waals surface area contributed by atoms with E-state index < -0.39 is 6.10 Å². The number of nitrogens with zero attached hydrogens (tertiary/aromatic N) is 1. The van der Waals surface area contributed by atoms with Crippen LogP contribution in [0.1, 0.15) is 21.0 Å². The molecule has 0 saturated carbocycles. The topological polar surface area (TPSA) is 72.1 Å². The second kappa shape index (κ2) is 10.1. The SMILES string of the molecule is COc1cc(C=O)ccc1OCC(O)CN(Cc1ccco1)Cc1cccs1. The van der Waals surface area contributed by atoms with Crippen molar-refractivity contribution in [1.29, 1.82) is 0 Å². The van der Waals surface area contributed by atoms with Crippen molar-refractivity contribution in [2.75, 3.05) is 20.3 Å². The van der Waals surface area contributed by atoms with E-state index in [1.165, 1.54) is 12.0 Å². The standard InChI is InChI=1S/C21H23NO5S/c1-25-21-10-16(14-23)6-7-20(21)27-15-17(24)11-22(12-18-4-2-8-26-18)13-19-5-3-9-28-19/h2-10,14,17,24H,11-13,15H2,1H3. The highest BCUT2D eigenvalue weighted by Crippen LogP contribution is 2.27. The van der Waals surface area contributed by atoms with E-state index in [0.717, 1.165) is 12.0 Å². The van der Waals surface area contributed by atoms with Gasteiger partial charge in [0, 0.05) is 23.5 Å². The van der Waals surface area contributed by atoms with Crippen LogP contribution in [-0.4, -0.2) is 42.7 Å². The Balaban J connectivity index is 1.60. The monoisotopic (exact) mass is 401 g/mol. The number of aliphatic hydroxyl groups excluding tert-OH is 1. The van der Waals surface area contributed by atoms with Gasteiger partial charge in [-0.15, -0.1) is 11.3 Å². The number of hydrogen-bond acceptors (Lipinski definition) is 7. The molecule has 1 aromatic carbocycles. The fourth-order valence-electron chi connectivity index (χ4n) is 2.84. The van der Waals surface area contributed by atoms with Gasteiger partial charge in [0.2, 0.25) is 0 Å². The van der Waals surface area contributed by atoms with Gasteiger partial charge in [0.05, 0.1) is 19.9 Å². The molecule has 2 aromatic heterocycles. The van der Waals surface area contributed by atoms with E-state index in [0.29, 0.717) is 36.7 Å². The van der Waals surface area contributed by atoms with Crippen molar-refractivity contribution in [2.45, 2.75) is 19.2 Å². The fraction of sp³-hybridized carbons (Fsp3) is 0.286. The van der Waals surface area contributed by atoms with Crippen LogP contribution in [0.3, 0.4) is 0 Å².